The second-order valence-electron chi connectivity index (χ2n) is 4.34. The van der Waals surface area contributed by atoms with Gasteiger partial charge in [0.05, 0.1) is 5.69 Å². The fourth-order valence-electron chi connectivity index (χ4n) is 1.82. The molecule has 0 bridgehead atoms. The fraction of sp³-hybridized carbons (Fsp3) is 0.286. The molecule has 1 heterocycles. The van der Waals surface area contributed by atoms with Crippen LogP contribution in [-0.4, -0.2) is 16.3 Å². The highest BCUT2D eigenvalue weighted by atomic mass is 35.5. The van der Waals surface area contributed by atoms with E-state index >= 15 is 0 Å². The number of halogens is 4. The van der Waals surface area contributed by atoms with Crippen LogP contribution < -0.4 is 4.74 Å². The zero-order chi connectivity index (χ0) is 15.5. The predicted octanol–water partition coefficient (Wildman–Crippen LogP) is 4.65. The van der Waals surface area contributed by atoms with Gasteiger partial charge in [0.1, 0.15) is 5.75 Å². The molecule has 2 rings (SSSR count). The quantitative estimate of drug-likeness (QED) is 0.770. The Labute approximate surface area is 124 Å². The van der Waals surface area contributed by atoms with Gasteiger partial charge < -0.3 is 4.74 Å². The second kappa shape index (κ2) is 6.30. The Bertz CT molecular complexity index is 615. The molecule has 0 fully saturated rings. The van der Waals surface area contributed by atoms with Crippen molar-refractivity contribution in [3.05, 3.63) is 41.3 Å². The summed E-state index contributed by atoms with van der Waals surface area (Å²) in [5, 5.41) is 0.117. The van der Waals surface area contributed by atoms with Crippen molar-refractivity contribution in [2.75, 3.05) is 0 Å². The Balaban J connectivity index is 2.26. The van der Waals surface area contributed by atoms with Gasteiger partial charge in [0, 0.05) is 11.3 Å². The molecule has 0 N–H and O–H groups in total. The average molecular weight is 317 g/mol. The predicted molar refractivity (Wildman–Crippen MR) is 73.2 cm³/mol. The number of ether oxygens (including phenoxy) is 1. The lowest BCUT2D eigenvalue weighted by Crippen LogP contribution is -2.16. The maximum Gasteiger partial charge on any atom is 0.573 e. The summed E-state index contributed by atoms with van der Waals surface area (Å²) >= 11 is 5.86. The van der Waals surface area contributed by atoms with Crippen LogP contribution in [0.25, 0.3) is 11.3 Å². The highest BCUT2D eigenvalue weighted by Crippen LogP contribution is 2.26. The van der Waals surface area contributed by atoms with E-state index in [-0.39, 0.29) is 11.0 Å². The Morgan fingerprint density at radius 3 is 2.38 bits per heavy atom. The van der Waals surface area contributed by atoms with Crippen LogP contribution in [-0.2, 0) is 6.42 Å². The van der Waals surface area contributed by atoms with Crippen molar-refractivity contribution >= 4 is 11.6 Å². The highest BCUT2D eigenvalue weighted by molar-refractivity contribution is 6.28. The fourth-order valence-corrected chi connectivity index (χ4v) is 2.02. The van der Waals surface area contributed by atoms with Gasteiger partial charge in [-0.25, -0.2) is 9.97 Å². The number of hydrogen-bond donors (Lipinski definition) is 0. The van der Waals surface area contributed by atoms with Crippen LogP contribution in [0.1, 0.15) is 19.0 Å². The van der Waals surface area contributed by atoms with E-state index in [4.69, 9.17) is 11.6 Å². The highest BCUT2D eigenvalue weighted by Gasteiger charge is 2.30. The van der Waals surface area contributed by atoms with Crippen molar-refractivity contribution in [3.8, 4) is 17.0 Å². The molecule has 1 aromatic carbocycles. The lowest BCUT2D eigenvalue weighted by molar-refractivity contribution is -0.274. The zero-order valence-electron chi connectivity index (χ0n) is 11.1. The number of rotatable bonds is 4. The number of aryl methyl sites for hydroxylation is 1. The van der Waals surface area contributed by atoms with E-state index in [0.29, 0.717) is 11.3 Å². The topological polar surface area (TPSA) is 35.0 Å². The van der Waals surface area contributed by atoms with Crippen molar-refractivity contribution in [2.45, 2.75) is 26.1 Å². The van der Waals surface area contributed by atoms with E-state index < -0.39 is 6.36 Å². The molecule has 7 heteroatoms. The van der Waals surface area contributed by atoms with Gasteiger partial charge in [0.15, 0.2) is 0 Å². The molecule has 0 atom stereocenters. The third kappa shape index (κ3) is 4.60. The molecule has 2 aromatic rings. The minimum absolute atomic E-state index is 0.117. The molecule has 21 heavy (non-hydrogen) atoms. The largest absolute Gasteiger partial charge is 0.573 e. The summed E-state index contributed by atoms with van der Waals surface area (Å²) in [7, 11) is 0. The zero-order valence-corrected chi connectivity index (χ0v) is 11.9. The van der Waals surface area contributed by atoms with Gasteiger partial charge in [-0.1, -0.05) is 13.3 Å². The van der Waals surface area contributed by atoms with E-state index in [1.807, 2.05) is 6.92 Å². The molecule has 0 spiro atoms. The summed E-state index contributed by atoms with van der Waals surface area (Å²) in [6, 6.07) is 7.23. The Morgan fingerprint density at radius 2 is 1.81 bits per heavy atom. The summed E-state index contributed by atoms with van der Waals surface area (Å²) in [5.41, 5.74) is 2.01. The number of benzene rings is 1. The third-order valence-corrected chi connectivity index (χ3v) is 2.81. The van der Waals surface area contributed by atoms with Crippen molar-refractivity contribution in [1.29, 1.82) is 0 Å². The summed E-state index contributed by atoms with van der Waals surface area (Å²) in [6.45, 7) is 2.01. The molecular formula is C14H12ClF3N2O. The number of alkyl halides is 3. The lowest BCUT2D eigenvalue weighted by Gasteiger charge is -2.09. The molecule has 112 valence electrons. The number of aromatic nitrogens is 2. The molecule has 1 aromatic heterocycles. The van der Waals surface area contributed by atoms with Gasteiger partial charge in [-0.15, -0.1) is 13.2 Å². The van der Waals surface area contributed by atoms with Gasteiger partial charge in [-0.2, -0.15) is 0 Å². The summed E-state index contributed by atoms with van der Waals surface area (Å²) < 4.78 is 40.1. The van der Waals surface area contributed by atoms with Crippen molar-refractivity contribution in [2.24, 2.45) is 0 Å². The SMILES string of the molecule is CCCc1cc(-c2ccc(OC(F)(F)F)cc2)nc(Cl)n1. The Hall–Kier alpha value is -1.82. The van der Waals surface area contributed by atoms with E-state index in [9.17, 15) is 13.2 Å². The van der Waals surface area contributed by atoms with Crippen LogP contribution in [0.5, 0.6) is 5.75 Å². The normalized spacial score (nSPS) is 11.5. The first-order valence-corrected chi connectivity index (χ1v) is 6.65. The van der Waals surface area contributed by atoms with Crippen LogP contribution in [0.3, 0.4) is 0 Å². The molecule has 3 nitrogen and oxygen atoms in total. The summed E-state index contributed by atoms with van der Waals surface area (Å²) in [4.78, 5) is 8.18. The van der Waals surface area contributed by atoms with E-state index in [1.165, 1.54) is 24.3 Å². The van der Waals surface area contributed by atoms with Crippen molar-refractivity contribution in [3.63, 3.8) is 0 Å². The molecule has 0 aliphatic rings. The van der Waals surface area contributed by atoms with Crippen LogP contribution >= 0.6 is 11.6 Å². The molecule has 0 aliphatic heterocycles. The first-order valence-electron chi connectivity index (χ1n) is 6.27. The van der Waals surface area contributed by atoms with Crippen LogP contribution in [0.4, 0.5) is 13.2 Å². The third-order valence-electron chi connectivity index (χ3n) is 2.64. The maximum atomic E-state index is 12.1. The van der Waals surface area contributed by atoms with Crippen LogP contribution in [0.15, 0.2) is 30.3 Å². The van der Waals surface area contributed by atoms with E-state index in [1.54, 1.807) is 6.07 Å². The monoisotopic (exact) mass is 316 g/mol. The van der Waals surface area contributed by atoms with Gasteiger partial charge in [0.25, 0.3) is 0 Å². The number of nitrogens with zero attached hydrogens (tertiary/aromatic N) is 2. The number of hydrogen-bond acceptors (Lipinski definition) is 3. The van der Waals surface area contributed by atoms with Crippen LogP contribution in [0, 0.1) is 0 Å². The van der Waals surface area contributed by atoms with Crippen molar-refractivity contribution in [1.82, 2.24) is 9.97 Å². The van der Waals surface area contributed by atoms with Gasteiger partial charge in [0.2, 0.25) is 5.28 Å². The Morgan fingerprint density at radius 1 is 1.14 bits per heavy atom. The standard InChI is InChI=1S/C14H12ClF3N2O/c1-2-3-10-8-12(20-13(15)19-10)9-4-6-11(7-5-9)21-14(16,17)18/h4-8H,2-3H2,1H3. The van der Waals surface area contributed by atoms with Gasteiger partial charge in [-0.3, -0.25) is 0 Å². The maximum absolute atomic E-state index is 12.1. The van der Waals surface area contributed by atoms with Crippen LogP contribution in [0.2, 0.25) is 5.28 Å². The van der Waals surface area contributed by atoms with Crippen molar-refractivity contribution < 1.29 is 17.9 Å². The van der Waals surface area contributed by atoms with Gasteiger partial charge >= 0.3 is 6.36 Å². The summed E-state index contributed by atoms with van der Waals surface area (Å²) in [6.07, 6.45) is -3.04. The molecule has 0 aliphatic carbocycles. The Kier molecular flexibility index (Phi) is 4.67. The minimum atomic E-state index is -4.70. The van der Waals surface area contributed by atoms with E-state index in [0.717, 1.165) is 18.5 Å². The molecule has 0 amide bonds. The molecule has 0 unspecified atom stereocenters. The smallest absolute Gasteiger partial charge is 0.406 e. The average Bonchev–Trinajstić information content (AvgIpc) is 2.37. The first-order chi connectivity index (χ1) is 9.87. The first kappa shape index (κ1) is 15.6. The lowest BCUT2D eigenvalue weighted by atomic mass is 10.1. The van der Waals surface area contributed by atoms with E-state index in [2.05, 4.69) is 14.7 Å². The summed E-state index contributed by atoms with van der Waals surface area (Å²) in [5.74, 6) is -0.278. The molecule has 0 radical (unpaired) electrons. The molecule has 0 saturated heterocycles. The minimum Gasteiger partial charge on any atom is -0.406 e. The molecule has 0 saturated carbocycles. The van der Waals surface area contributed by atoms with Gasteiger partial charge in [-0.05, 0) is 48.4 Å². The molecular weight excluding hydrogens is 305 g/mol. The second-order valence-corrected chi connectivity index (χ2v) is 4.67.